The van der Waals surface area contributed by atoms with Crippen LogP contribution < -0.4 is 10.6 Å². The molecule has 21 heavy (non-hydrogen) atoms. The third-order valence-corrected chi connectivity index (χ3v) is 4.24. The predicted molar refractivity (Wildman–Crippen MR) is 102 cm³/mol. The number of guanidine groups is 1. The molecule has 126 valence electrons. The van der Waals surface area contributed by atoms with E-state index in [-0.39, 0.29) is 24.0 Å². The molecule has 2 N–H and O–H groups in total. The first-order valence-electron chi connectivity index (χ1n) is 7.43. The second-order valence-corrected chi connectivity index (χ2v) is 6.27. The third kappa shape index (κ3) is 10.6. The molecule has 0 bridgehead atoms. The highest BCUT2D eigenvalue weighted by Gasteiger charge is 2.14. The van der Waals surface area contributed by atoms with Crippen molar-refractivity contribution in [2.24, 2.45) is 4.99 Å². The Kier molecular flexibility index (Phi) is 14.1. The SMILES string of the molecule is CN=C(NCCCOCC1CCCO1)NCC(C)SC.I. The van der Waals surface area contributed by atoms with E-state index in [0.717, 1.165) is 51.7 Å². The lowest BCUT2D eigenvalue weighted by atomic mass is 10.2. The maximum Gasteiger partial charge on any atom is 0.191 e. The van der Waals surface area contributed by atoms with Gasteiger partial charge in [-0.15, -0.1) is 24.0 Å². The molecule has 1 aliphatic rings. The number of halogens is 1. The number of thioether (sulfide) groups is 1. The maximum atomic E-state index is 5.62. The first-order valence-corrected chi connectivity index (χ1v) is 8.71. The van der Waals surface area contributed by atoms with Crippen molar-refractivity contribution >= 4 is 41.7 Å². The molecule has 0 radical (unpaired) electrons. The molecule has 1 aliphatic heterocycles. The highest BCUT2D eigenvalue weighted by Crippen LogP contribution is 2.11. The first kappa shape index (κ1) is 21.3. The topological polar surface area (TPSA) is 54.9 Å². The van der Waals surface area contributed by atoms with Crippen LogP contribution in [0.25, 0.3) is 0 Å². The smallest absolute Gasteiger partial charge is 0.191 e. The number of hydrogen-bond acceptors (Lipinski definition) is 4. The van der Waals surface area contributed by atoms with Gasteiger partial charge in [0.05, 0.1) is 12.7 Å². The minimum absolute atomic E-state index is 0. The van der Waals surface area contributed by atoms with Crippen molar-refractivity contribution in [3.05, 3.63) is 0 Å². The maximum absolute atomic E-state index is 5.62. The standard InChI is InChI=1S/C14H29N3O2S.HI/c1-12(20-3)10-17-14(15-2)16-7-5-8-18-11-13-6-4-9-19-13;/h12-13H,4-11H2,1-3H3,(H2,15,16,17);1H. The highest BCUT2D eigenvalue weighted by atomic mass is 127. The Labute approximate surface area is 150 Å². The van der Waals surface area contributed by atoms with E-state index in [2.05, 4.69) is 28.8 Å². The van der Waals surface area contributed by atoms with Crippen molar-refractivity contribution in [3.63, 3.8) is 0 Å². The van der Waals surface area contributed by atoms with Crippen LogP contribution in [0.15, 0.2) is 4.99 Å². The average Bonchev–Trinajstić information content (AvgIpc) is 2.98. The summed E-state index contributed by atoms with van der Waals surface area (Å²) in [5.74, 6) is 0.866. The average molecular weight is 431 g/mol. The quantitative estimate of drug-likeness (QED) is 0.254. The monoisotopic (exact) mass is 431 g/mol. The Bertz CT molecular complexity index is 277. The molecule has 1 heterocycles. The summed E-state index contributed by atoms with van der Waals surface area (Å²) in [6.45, 7) is 6.40. The van der Waals surface area contributed by atoms with E-state index >= 15 is 0 Å². The Morgan fingerprint density at radius 3 is 2.90 bits per heavy atom. The van der Waals surface area contributed by atoms with E-state index in [0.29, 0.717) is 11.4 Å². The van der Waals surface area contributed by atoms with Crippen LogP contribution in [0, 0.1) is 0 Å². The summed E-state index contributed by atoms with van der Waals surface area (Å²) in [7, 11) is 1.80. The molecule has 7 heteroatoms. The molecule has 0 saturated carbocycles. The summed E-state index contributed by atoms with van der Waals surface area (Å²) in [6.07, 6.45) is 5.74. The van der Waals surface area contributed by atoms with Crippen molar-refractivity contribution in [2.45, 2.75) is 37.5 Å². The molecule has 2 atom stereocenters. The summed E-state index contributed by atoms with van der Waals surface area (Å²) >= 11 is 1.85. The molecule has 0 amide bonds. The molecule has 5 nitrogen and oxygen atoms in total. The summed E-state index contributed by atoms with van der Waals surface area (Å²) in [4.78, 5) is 4.20. The third-order valence-electron chi connectivity index (χ3n) is 3.27. The molecule has 0 aromatic rings. The normalized spacial score (nSPS) is 20.0. The zero-order valence-corrected chi connectivity index (χ0v) is 16.5. The number of ether oxygens (including phenoxy) is 2. The lowest BCUT2D eigenvalue weighted by Gasteiger charge is -2.15. The zero-order chi connectivity index (χ0) is 14.6. The van der Waals surface area contributed by atoms with E-state index in [4.69, 9.17) is 9.47 Å². The Morgan fingerprint density at radius 2 is 2.29 bits per heavy atom. The van der Waals surface area contributed by atoms with Crippen LogP contribution in [0.1, 0.15) is 26.2 Å². The minimum atomic E-state index is 0. The molecular weight excluding hydrogens is 401 g/mol. The van der Waals surface area contributed by atoms with Gasteiger partial charge in [0.15, 0.2) is 5.96 Å². The fourth-order valence-electron chi connectivity index (χ4n) is 1.92. The number of aliphatic imine (C=N–C) groups is 1. The molecule has 0 aliphatic carbocycles. The van der Waals surface area contributed by atoms with Gasteiger partial charge in [-0.05, 0) is 25.5 Å². The van der Waals surface area contributed by atoms with Gasteiger partial charge >= 0.3 is 0 Å². The minimum Gasteiger partial charge on any atom is -0.379 e. The summed E-state index contributed by atoms with van der Waals surface area (Å²) in [5.41, 5.74) is 0. The molecule has 1 rings (SSSR count). The van der Waals surface area contributed by atoms with Gasteiger partial charge in [-0.2, -0.15) is 11.8 Å². The largest absolute Gasteiger partial charge is 0.379 e. The van der Waals surface area contributed by atoms with Gasteiger partial charge < -0.3 is 20.1 Å². The van der Waals surface area contributed by atoms with Crippen molar-refractivity contribution in [2.75, 3.05) is 46.2 Å². The van der Waals surface area contributed by atoms with Gasteiger partial charge in [-0.1, -0.05) is 6.92 Å². The van der Waals surface area contributed by atoms with Gasteiger partial charge in [0.1, 0.15) is 0 Å². The van der Waals surface area contributed by atoms with Gasteiger partial charge in [-0.3, -0.25) is 4.99 Å². The van der Waals surface area contributed by atoms with Gasteiger partial charge in [0.2, 0.25) is 0 Å². The van der Waals surface area contributed by atoms with Crippen molar-refractivity contribution in [3.8, 4) is 0 Å². The second kappa shape index (κ2) is 13.9. The van der Waals surface area contributed by atoms with Crippen LogP contribution in [-0.2, 0) is 9.47 Å². The molecule has 1 fully saturated rings. The molecule has 0 aromatic heterocycles. The number of nitrogens with one attached hydrogen (secondary N) is 2. The molecule has 0 spiro atoms. The van der Waals surface area contributed by atoms with Crippen molar-refractivity contribution < 1.29 is 9.47 Å². The van der Waals surface area contributed by atoms with Gasteiger partial charge in [0, 0.05) is 38.6 Å². The molecule has 1 saturated heterocycles. The summed E-state index contributed by atoms with van der Waals surface area (Å²) in [6, 6.07) is 0. The first-order chi connectivity index (χ1) is 9.76. The fraction of sp³-hybridized carbons (Fsp3) is 0.929. The van der Waals surface area contributed by atoms with Crippen molar-refractivity contribution in [1.29, 1.82) is 0 Å². The Hall–Kier alpha value is 0.270. The van der Waals surface area contributed by atoms with Gasteiger partial charge in [0.25, 0.3) is 0 Å². The van der Waals surface area contributed by atoms with Crippen LogP contribution in [0.4, 0.5) is 0 Å². The molecule has 0 aromatic carbocycles. The Morgan fingerprint density at radius 1 is 1.48 bits per heavy atom. The molecular formula is C14H30IN3O2S. The Balaban J connectivity index is 0.00000400. The zero-order valence-electron chi connectivity index (χ0n) is 13.4. The van der Waals surface area contributed by atoms with Crippen LogP contribution in [0.5, 0.6) is 0 Å². The molecule has 2 unspecified atom stereocenters. The second-order valence-electron chi connectivity index (χ2n) is 4.99. The highest BCUT2D eigenvalue weighted by molar-refractivity contribution is 14.0. The lowest BCUT2D eigenvalue weighted by molar-refractivity contribution is 0.0168. The van der Waals surface area contributed by atoms with E-state index < -0.39 is 0 Å². The van der Waals surface area contributed by atoms with Crippen molar-refractivity contribution in [1.82, 2.24) is 10.6 Å². The van der Waals surface area contributed by atoms with E-state index in [9.17, 15) is 0 Å². The lowest BCUT2D eigenvalue weighted by Crippen LogP contribution is -2.40. The number of rotatable bonds is 9. The van der Waals surface area contributed by atoms with Crippen LogP contribution in [0.2, 0.25) is 0 Å². The fourth-order valence-corrected chi connectivity index (χ4v) is 2.17. The van der Waals surface area contributed by atoms with Crippen LogP contribution >= 0.6 is 35.7 Å². The number of nitrogens with zero attached hydrogens (tertiary/aromatic N) is 1. The van der Waals surface area contributed by atoms with E-state index in [1.54, 1.807) is 7.05 Å². The van der Waals surface area contributed by atoms with E-state index in [1.165, 1.54) is 6.42 Å². The summed E-state index contributed by atoms with van der Waals surface area (Å²) in [5, 5.41) is 7.20. The predicted octanol–water partition coefficient (Wildman–Crippen LogP) is 2.11. The van der Waals surface area contributed by atoms with Crippen LogP contribution in [-0.4, -0.2) is 63.5 Å². The van der Waals surface area contributed by atoms with Gasteiger partial charge in [-0.25, -0.2) is 0 Å². The van der Waals surface area contributed by atoms with Crippen LogP contribution in [0.3, 0.4) is 0 Å². The summed E-state index contributed by atoms with van der Waals surface area (Å²) < 4.78 is 11.1. The number of hydrogen-bond donors (Lipinski definition) is 2. The van der Waals surface area contributed by atoms with E-state index in [1.807, 2.05) is 11.8 Å².